The Labute approximate surface area is 197 Å². The highest BCUT2D eigenvalue weighted by atomic mass is 16.4. The lowest BCUT2D eigenvalue weighted by molar-refractivity contribution is 0.0697. The van der Waals surface area contributed by atoms with E-state index in [4.69, 9.17) is 5.10 Å². The first-order chi connectivity index (χ1) is 16.6. The molecule has 0 unspecified atom stereocenters. The summed E-state index contributed by atoms with van der Waals surface area (Å²) in [5.74, 6) is -0.256. The Balaban J connectivity index is 1.60. The molecule has 5 rings (SSSR count). The molecule has 7 nitrogen and oxygen atoms in total. The highest BCUT2D eigenvalue weighted by Gasteiger charge is 2.32. The molecule has 0 atom stereocenters. The fraction of sp³-hybridized carbons (Fsp3) is 0.222. The van der Waals surface area contributed by atoms with Crippen LogP contribution < -0.4 is 10.2 Å². The molecule has 1 fully saturated rings. The van der Waals surface area contributed by atoms with Crippen LogP contribution in [0.3, 0.4) is 0 Å². The van der Waals surface area contributed by atoms with Gasteiger partial charge in [0.2, 0.25) is 0 Å². The van der Waals surface area contributed by atoms with E-state index in [2.05, 4.69) is 5.32 Å². The van der Waals surface area contributed by atoms with Crippen molar-refractivity contribution in [2.24, 2.45) is 0 Å². The number of benzene rings is 3. The van der Waals surface area contributed by atoms with Crippen LogP contribution in [0.5, 0.6) is 0 Å². The molecule has 172 valence electrons. The number of hydrogen-bond acceptors (Lipinski definition) is 3. The van der Waals surface area contributed by atoms with E-state index in [0.717, 1.165) is 48.1 Å². The lowest BCUT2D eigenvalue weighted by Gasteiger charge is -2.34. The number of nitrogens with one attached hydrogen (secondary N) is 1. The Morgan fingerprint density at radius 3 is 2.26 bits per heavy atom. The highest BCUT2D eigenvalue weighted by Crippen LogP contribution is 2.35. The Kier molecular flexibility index (Phi) is 5.99. The molecule has 1 heterocycles. The summed E-state index contributed by atoms with van der Waals surface area (Å²) < 4.78 is 1.85. The van der Waals surface area contributed by atoms with E-state index < -0.39 is 5.97 Å². The van der Waals surface area contributed by atoms with Gasteiger partial charge in [0.1, 0.15) is 5.82 Å². The number of carboxylic acid groups (broad SMARTS) is 1. The van der Waals surface area contributed by atoms with Gasteiger partial charge in [-0.15, -0.1) is 0 Å². The van der Waals surface area contributed by atoms with Gasteiger partial charge < -0.3 is 10.4 Å². The lowest BCUT2D eigenvalue weighted by atomic mass is 9.94. The number of fused-ring (bicyclic) bond motifs is 1. The van der Waals surface area contributed by atoms with Crippen LogP contribution in [-0.2, 0) is 0 Å². The van der Waals surface area contributed by atoms with Gasteiger partial charge in [0.25, 0.3) is 0 Å². The number of amides is 2. The monoisotopic (exact) mass is 454 g/mol. The van der Waals surface area contributed by atoms with Gasteiger partial charge in [-0.1, -0.05) is 49.6 Å². The molecule has 4 aromatic rings. The summed E-state index contributed by atoms with van der Waals surface area (Å²) in [5.41, 5.74) is 2.43. The van der Waals surface area contributed by atoms with Gasteiger partial charge >= 0.3 is 12.0 Å². The van der Waals surface area contributed by atoms with Crippen molar-refractivity contribution in [1.82, 2.24) is 9.78 Å². The van der Waals surface area contributed by atoms with Crippen LogP contribution in [0.25, 0.3) is 16.6 Å². The molecular formula is C27H26N4O3. The number of aromatic nitrogens is 2. The second-order valence-corrected chi connectivity index (χ2v) is 8.56. The van der Waals surface area contributed by atoms with Crippen LogP contribution >= 0.6 is 0 Å². The highest BCUT2D eigenvalue weighted by molar-refractivity contribution is 6.07. The standard InChI is InChI=1S/C27H26N4O3/c32-26(33)19-15-17-20(18-16-19)28-27(34)30(21-9-3-1-4-10-21)25-23-13-7-8-14-24(23)29-31(25)22-11-5-2-6-12-22/h2,5-8,11-18,21H,1,3-4,9-10H2,(H,28,34)(H,32,33). The zero-order valence-corrected chi connectivity index (χ0v) is 18.7. The zero-order chi connectivity index (χ0) is 23.5. The predicted octanol–water partition coefficient (Wildman–Crippen LogP) is 6.09. The Morgan fingerprint density at radius 1 is 0.882 bits per heavy atom. The fourth-order valence-corrected chi connectivity index (χ4v) is 4.65. The van der Waals surface area contributed by atoms with Crippen molar-refractivity contribution < 1.29 is 14.7 Å². The van der Waals surface area contributed by atoms with E-state index in [0.29, 0.717) is 5.69 Å². The molecule has 0 radical (unpaired) electrons. The topological polar surface area (TPSA) is 87.5 Å². The van der Waals surface area contributed by atoms with Crippen molar-refractivity contribution >= 4 is 34.4 Å². The zero-order valence-electron chi connectivity index (χ0n) is 18.7. The van der Waals surface area contributed by atoms with Crippen LogP contribution in [0.1, 0.15) is 42.5 Å². The molecular weight excluding hydrogens is 428 g/mol. The summed E-state index contributed by atoms with van der Waals surface area (Å²) in [7, 11) is 0. The molecule has 0 bridgehead atoms. The van der Waals surface area contributed by atoms with E-state index in [9.17, 15) is 14.7 Å². The Hall–Kier alpha value is -4.13. The number of carboxylic acids is 1. The maximum atomic E-state index is 13.8. The summed E-state index contributed by atoms with van der Waals surface area (Å²) in [5, 5.41) is 17.9. The van der Waals surface area contributed by atoms with E-state index in [1.165, 1.54) is 18.6 Å². The summed E-state index contributed by atoms with van der Waals surface area (Å²) in [6.45, 7) is 0. The molecule has 1 aliphatic carbocycles. The molecule has 0 aliphatic heterocycles. The number of anilines is 2. The van der Waals surface area contributed by atoms with Crippen molar-refractivity contribution in [3.8, 4) is 5.69 Å². The molecule has 0 saturated heterocycles. The van der Waals surface area contributed by atoms with Crippen molar-refractivity contribution in [2.45, 2.75) is 38.1 Å². The average molecular weight is 455 g/mol. The molecule has 1 saturated carbocycles. The number of urea groups is 1. The summed E-state index contributed by atoms with van der Waals surface area (Å²) >= 11 is 0. The summed E-state index contributed by atoms with van der Waals surface area (Å²) in [6.07, 6.45) is 5.14. The SMILES string of the molecule is O=C(O)c1ccc(NC(=O)N(c2c3ccccc3nn2-c2ccccc2)C2CCCCC2)cc1. The maximum absolute atomic E-state index is 13.8. The smallest absolute Gasteiger partial charge is 0.335 e. The van der Waals surface area contributed by atoms with Crippen molar-refractivity contribution in [3.05, 3.63) is 84.4 Å². The van der Waals surface area contributed by atoms with Gasteiger partial charge in [-0.2, -0.15) is 5.10 Å². The van der Waals surface area contributed by atoms with Gasteiger partial charge in [0, 0.05) is 17.1 Å². The minimum atomic E-state index is -1.00. The molecule has 34 heavy (non-hydrogen) atoms. The van der Waals surface area contributed by atoms with E-state index in [-0.39, 0.29) is 17.6 Å². The number of aromatic carboxylic acids is 1. The van der Waals surface area contributed by atoms with E-state index in [1.807, 2.05) is 64.2 Å². The second kappa shape index (κ2) is 9.39. The summed E-state index contributed by atoms with van der Waals surface area (Å²) in [6, 6.07) is 23.7. The molecule has 1 aromatic heterocycles. The van der Waals surface area contributed by atoms with Crippen LogP contribution in [0.2, 0.25) is 0 Å². The molecule has 3 aromatic carbocycles. The Bertz CT molecular complexity index is 1310. The van der Waals surface area contributed by atoms with E-state index in [1.54, 1.807) is 12.1 Å². The van der Waals surface area contributed by atoms with Gasteiger partial charge in [0.05, 0.1) is 16.8 Å². The van der Waals surface area contributed by atoms with E-state index >= 15 is 0 Å². The predicted molar refractivity (Wildman–Crippen MR) is 133 cm³/mol. The third-order valence-electron chi connectivity index (χ3n) is 6.32. The number of rotatable bonds is 5. The first kappa shape index (κ1) is 21.7. The number of carbonyl (C=O) groups is 2. The molecule has 2 N–H and O–H groups in total. The van der Waals surface area contributed by atoms with Gasteiger partial charge in [-0.3, -0.25) is 4.90 Å². The maximum Gasteiger partial charge on any atom is 0.335 e. The van der Waals surface area contributed by atoms with Crippen LogP contribution in [0.4, 0.5) is 16.3 Å². The number of nitrogens with zero attached hydrogens (tertiary/aromatic N) is 3. The third-order valence-corrected chi connectivity index (χ3v) is 6.32. The average Bonchev–Trinajstić information content (AvgIpc) is 3.25. The quantitative estimate of drug-likeness (QED) is 0.382. The van der Waals surface area contributed by atoms with Crippen molar-refractivity contribution in [2.75, 3.05) is 10.2 Å². The second-order valence-electron chi connectivity index (χ2n) is 8.56. The Morgan fingerprint density at radius 2 is 1.56 bits per heavy atom. The summed E-state index contributed by atoms with van der Waals surface area (Å²) in [4.78, 5) is 26.9. The number of carbonyl (C=O) groups excluding carboxylic acids is 1. The van der Waals surface area contributed by atoms with Gasteiger partial charge in [-0.25, -0.2) is 14.3 Å². The van der Waals surface area contributed by atoms with Gasteiger partial charge in [0.15, 0.2) is 0 Å². The van der Waals surface area contributed by atoms with Crippen LogP contribution in [0, 0.1) is 0 Å². The largest absolute Gasteiger partial charge is 0.478 e. The first-order valence-electron chi connectivity index (χ1n) is 11.6. The third kappa shape index (κ3) is 4.24. The van der Waals surface area contributed by atoms with Crippen molar-refractivity contribution in [3.63, 3.8) is 0 Å². The molecule has 7 heteroatoms. The minimum Gasteiger partial charge on any atom is -0.478 e. The molecule has 0 spiro atoms. The van der Waals surface area contributed by atoms with Crippen LogP contribution in [0.15, 0.2) is 78.9 Å². The lowest BCUT2D eigenvalue weighted by Crippen LogP contribution is -2.45. The minimum absolute atomic E-state index is 0.0367. The number of para-hydroxylation sites is 1. The first-order valence-corrected chi connectivity index (χ1v) is 11.6. The normalized spacial score (nSPS) is 14.1. The molecule has 2 amide bonds. The number of hydrogen-bond donors (Lipinski definition) is 2. The van der Waals surface area contributed by atoms with Gasteiger partial charge in [-0.05, 0) is 61.4 Å². The van der Waals surface area contributed by atoms with Crippen LogP contribution in [-0.4, -0.2) is 32.9 Å². The molecule has 1 aliphatic rings. The van der Waals surface area contributed by atoms with Crippen molar-refractivity contribution in [1.29, 1.82) is 0 Å². The fourth-order valence-electron chi connectivity index (χ4n) is 4.65.